The smallest absolute Gasteiger partial charge is 0.254 e. The Kier molecular flexibility index (Phi) is 6.61. The lowest BCUT2D eigenvalue weighted by molar-refractivity contribution is -0.130. The number of nitrogens with zero attached hydrogens (tertiary/aromatic N) is 2. The van der Waals surface area contributed by atoms with Crippen molar-refractivity contribution in [2.75, 3.05) is 19.6 Å². The van der Waals surface area contributed by atoms with Crippen molar-refractivity contribution in [1.82, 2.24) is 15.1 Å². The molecule has 1 N–H and O–H groups in total. The quantitative estimate of drug-likeness (QED) is 0.778. The molecule has 1 aliphatic carbocycles. The summed E-state index contributed by atoms with van der Waals surface area (Å²) in [7, 11) is 0. The summed E-state index contributed by atoms with van der Waals surface area (Å²) in [5.41, 5.74) is 0.524. The minimum Gasteiger partial charge on any atom is -0.354 e. The molecule has 4 rings (SSSR count). The van der Waals surface area contributed by atoms with Gasteiger partial charge in [0.25, 0.3) is 5.91 Å². The van der Waals surface area contributed by atoms with Gasteiger partial charge < -0.3 is 15.1 Å². The van der Waals surface area contributed by atoms with Gasteiger partial charge in [0, 0.05) is 42.7 Å². The molecule has 1 aromatic carbocycles. The van der Waals surface area contributed by atoms with Gasteiger partial charge >= 0.3 is 0 Å². The lowest BCUT2D eigenvalue weighted by atomic mass is 9.84. The van der Waals surface area contributed by atoms with Crippen molar-refractivity contribution in [3.63, 3.8) is 0 Å². The normalized spacial score (nSPS) is 25.8. The highest BCUT2D eigenvalue weighted by atomic mass is 35.5. The van der Waals surface area contributed by atoms with Crippen LogP contribution in [0.1, 0.15) is 61.7 Å². The second-order valence-corrected chi connectivity index (χ2v) is 9.15. The van der Waals surface area contributed by atoms with Crippen molar-refractivity contribution in [3.05, 3.63) is 34.9 Å². The molecule has 3 atom stereocenters. The average molecular weight is 432 g/mol. The lowest BCUT2D eigenvalue weighted by Crippen LogP contribution is -2.50. The third kappa shape index (κ3) is 4.48. The Hall–Kier alpha value is -2.08. The number of benzene rings is 1. The zero-order valence-corrected chi connectivity index (χ0v) is 18.1. The van der Waals surface area contributed by atoms with Gasteiger partial charge in [-0.05, 0) is 56.2 Å². The zero-order chi connectivity index (χ0) is 21.1. The number of likely N-dealkylation sites (tertiary alicyclic amines) is 2. The summed E-state index contributed by atoms with van der Waals surface area (Å²) in [6.07, 6.45) is 7.36. The van der Waals surface area contributed by atoms with Crippen LogP contribution in [0.3, 0.4) is 0 Å². The van der Waals surface area contributed by atoms with Gasteiger partial charge in [0.15, 0.2) is 0 Å². The summed E-state index contributed by atoms with van der Waals surface area (Å²) in [6, 6.07) is 6.56. The monoisotopic (exact) mass is 431 g/mol. The van der Waals surface area contributed by atoms with Gasteiger partial charge in [-0.25, -0.2) is 0 Å². The number of halogens is 1. The van der Waals surface area contributed by atoms with Crippen molar-refractivity contribution in [2.45, 2.75) is 63.5 Å². The molecule has 3 fully saturated rings. The van der Waals surface area contributed by atoms with Gasteiger partial charge in [0.05, 0.1) is 0 Å². The number of amides is 3. The number of hydrogen-bond acceptors (Lipinski definition) is 3. The molecule has 30 heavy (non-hydrogen) atoms. The largest absolute Gasteiger partial charge is 0.354 e. The Labute approximate surface area is 182 Å². The molecular formula is C23H30ClN3O3. The molecular weight excluding hydrogens is 402 g/mol. The number of fused-ring (bicyclic) bond motifs is 1. The van der Waals surface area contributed by atoms with Gasteiger partial charge in [-0.15, -0.1) is 0 Å². The molecule has 1 aromatic rings. The van der Waals surface area contributed by atoms with Crippen LogP contribution in [0.5, 0.6) is 0 Å². The van der Waals surface area contributed by atoms with Crippen LogP contribution in [0.2, 0.25) is 5.02 Å². The minimum absolute atomic E-state index is 0.0970. The molecule has 7 heteroatoms. The van der Waals surface area contributed by atoms with E-state index in [4.69, 9.17) is 11.6 Å². The van der Waals surface area contributed by atoms with Gasteiger partial charge in [-0.3, -0.25) is 14.4 Å². The third-order valence-corrected chi connectivity index (χ3v) is 7.03. The second kappa shape index (κ2) is 9.38. The summed E-state index contributed by atoms with van der Waals surface area (Å²) in [5, 5.41) is 3.45. The number of carbonyl (C=O) groups is 3. The van der Waals surface area contributed by atoms with Crippen LogP contribution in [0, 0.1) is 5.92 Å². The molecule has 0 radical (unpaired) electrons. The predicted octanol–water partition coefficient (Wildman–Crippen LogP) is 3.24. The topological polar surface area (TPSA) is 69.7 Å². The number of carbonyl (C=O) groups excluding carboxylic acids is 3. The van der Waals surface area contributed by atoms with E-state index in [0.717, 1.165) is 51.6 Å². The van der Waals surface area contributed by atoms with Crippen molar-refractivity contribution < 1.29 is 14.4 Å². The van der Waals surface area contributed by atoms with Crippen LogP contribution < -0.4 is 5.32 Å². The highest BCUT2D eigenvalue weighted by molar-refractivity contribution is 6.31. The Morgan fingerprint density at radius 1 is 1.07 bits per heavy atom. The standard InChI is InChI=1S/C23H30ClN3O3/c24-18-8-5-7-17(14-18)23(30)27-19-9-2-1-6-16(19)15-20(27)22(29)25-11-10-21(28)26-12-3-4-13-26/h5,7-8,14,16,19-20H,1-4,6,9-13,15H2,(H,25,29). The second-order valence-electron chi connectivity index (χ2n) is 8.72. The number of nitrogens with one attached hydrogen (secondary N) is 1. The van der Waals surface area contributed by atoms with Crippen LogP contribution in [0.25, 0.3) is 0 Å². The fourth-order valence-electron chi connectivity index (χ4n) is 5.29. The summed E-state index contributed by atoms with van der Waals surface area (Å²) in [6.45, 7) is 1.96. The van der Waals surface area contributed by atoms with E-state index in [1.165, 1.54) is 0 Å². The molecule has 6 nitrogen and oxygen atoms in total. The molecule has 2 saturated heterocycles. The summed E-state index contributed by atoms with van der Waals surface area (Å²) in [5.74, 6) is 0.192. The molecule has 1 saturated carbocycles. The van der Waals surface area contributed by atoms with Crippen molar-refractivity contribution in [3.8, 4) is 0 Å². The van der Waals surface area contributed by atoms with Crippen LogP contribution >= 0.6 is 11.6 Å². The summed E-state index contributed by atoms with van der Waals surface area (Å²) >= 11 is 6.10. The van der Waals surface area contributed by atoms with Crippen LogP contribution in [0.4, 0.5) is 0 Å². The lowest BCUT2D eigenvalue weighted by Gasteiger charge is -2.33. The Morgan fingerprint density at radius 2 is 1.83 bits per heavy atom. The molecule has 3 amide bonds. The van der Waals surface area contributed by atoms with Gasteiger partial charge in [0.2, 0.25) is 11.8 Å². The maximum Gasteiger partial charge on any atom is 0.254 e. The molecule has 2 aliphatic heterocycles. The van der Waals surface area contributed by atoms with E-state index in [1.807, 2.05) is 4.90 Å². The first-order valence-corrected chi connectivity index (χ1v) is 11.6. The molecule has 0 spiro atoms. The third-order valence-electron chi connectivity index (χ3n) is 6.79. The first-order chi connectivity index (χ1) is 14.5. The van der Waals surface area contributed by atoms with Gasteiger partial charge in [-0.2, -0.15) is 0 Å². The summed E-state index contributed by atoms with van der Waals surface area (Å²) in [4.78, 5) is 42.3. The van der Waals surface area contributed by atoms with Crippen molar-refractivity contribution >= 4 is 29.3 Å². The summed E-state index contributed by atoms with van der Waals surface area (Å²) < 4.78 is 0. The fourth-order valence-corrected chi connectivity index (χ4v) is 5.48. The highest BCUT2D eigenvalue weighted by Gasteiger charge is 2.47. The van der Waals surface area contributed by atoms with Crippen molar-refractivity contribution in [1.29, 1.82) is 0 Å². The van der Waals surface area contributed by atoms with E-state index < -0.39 is 6.04 Å². The van der Waals surface area contributed by atoms with Gasteiger partial charge in [0.1, 0.15) is 6.04 Å². The van der Waals surface area contributed by atoms with E-state index in [1.54, 1.807) is 29.2 Å². The van der Waals surface area contributed by atoms with E-state index in [2.05, 4.69) is 5.32 Å². The first kappa shape index (κ1) is 21.2. The average Bonchev–Trinajstić information content (AvgIpc) is 3.41. The van der Waals surface area contributed by atoms with E-state index in [9.17, 15) is 14.4 Å². The van der Waals surface area contributed by atoms with Crippen LogP contribution in [-0.4, -0.2) is 59.2 Å². The molecule has 0 bridgehead atoms. The minimum atomic E-state index is -0.480. The van der Waals surface area contributed by atoms with Crippen LogP contribution in [-0.2, 0) is 9.59 Å². The predicted molar refractivity (Wildman–Crippen MR) is 115 cm³/mol. The number of rotatable bonds is 5. The first-order valence-electron chi connectivity index (χ1n) is 11.2. The van der Waals surface area contributed by atoms with Crippen LogP contribution in [0.15, 0.2) is 24.3 Å². The fraction of sp³-hybridized carbons (Fsp3) is 0.609. The molecule has 3 aliphatic rings. The molecule has 3 unspecified atom stereocenters. The van der Waals surface area contributed by atoms with E-state index >= 15 is 0 Å². The van der Waals surface area contributed by atoms with Crippen molar-refractivity contribution in [2.24, 2.45) is 5.92 Å². The maximum atomic E-state index is 13.4. The molecule has 0 aromatic heterocycles. The molecule has 2 heterocycles. The Morgan fingerprint density at radius 3 is 2.60 bits per heavy atom. The Balaban J connectivity index is 1.43. The maximum absolute atomic E-state index is 13.4. The number of hydrogen-bond donors (Lipinski definition) is 1. The highest BCUT2D eigenvalue weighted by Crippen LogP contribution is 2.40. The van der Waals surface area contributed by atoms with E-state index in [-0.39, 0.29) is 23.8 Å². The SMILES string of the molecule is O=C(NCCC(=O)N1CCCC1)C1CC2CCCCC2N1C(=O)c1cccc(Cl)c1. The zero-order valence-electron chi connectivity index (χ0n) is 17.3. The Bertz CT molecular complexity index is 809. The van der Waals surface area contributed by atoms with Gasteiger partial charge in [-0.1, -0.05) is 30.5 Å². The molecule has 162 valence electrons. The van der Waals surface area contributed by atoms with E-state index in [0.29, 0.717) is 35.9 Å².